The number of carbonyl (C=O) groups excluding carboxylic acids is 1. The Morgan fingerprint density at radius 3 is 2.60 bits per heavy atom. The predicted molar refractivity (Wildman–Crippen MR) is 60.3 cm³/mol. The van der Waals surface area contributed by atoms with Crippen LogP contribution in [-0.4, -0.2) is 5.91 Å². The molecule has 2 rings (SSSR count). The van der Waals surface area contributed by atoms with Gasteiger partial charge in [0.1, 0.15) is 0 Å². The van der Waals surface area contributed by atoms with Gasteiger partial charge in [0.25, 0.3) is 0 Å². The maximum Gasteiger partial charge on any atom is 0.220 e. The molecule has 2 atom stereocenters. The molecule has 0 aromatic heterocycles. The average Bonchev–Trinajstić information content (AvgIpc) is 2.30. The van der Waals surface area contributed by atoms with Crippen molar-refractivity contribution in [1.82, 2.24) is 0 Å². The molecule has 1 aliphatic rings. The molecule has 0 saturated heterocycles. The third-order valence-corrected chi connectivity index (χ3v) is 3.35. The summed E-state index contributed by atoms with van der Waals surface area (Å²) in [4.78, 5) is 11.2. The molecule has 1 fully saturated rings. The smallest absolute Gasteiger partial charge is 0.220 e. The van der Waals surface area contributed by atoms with E-state index in [1.54, 1.807) is 0 Å². The quantitative estimate of drug-likeness (QED) is 0.788. The first-order valence-electron chi connectivity index (χ1n) is 5.61. The summed E-state index contributed by atoms with van der Waals surface area (Å²) in [6.45, 7) is 0. The molecule has 15 heavy (non-hydrogen) atoms. The summed E-state index contributed by atoms with van der Waals surface area (Å²) in [5.41, 5.74) is 6.72. The maximum absolute atomic E-state index is 11.2. The molecule has 0 aliphatic heterocycles. The molecule has 2 N–H and O–H groups in total. The Morgan fingerprint density at radius 1 is 1.20 bits per heavy atom. The molecule has 2 nitrogen and oxygen atoms in total. The molecule has 0 unspecified atom stereocenters. The van der Waals surface area contributed by atoms with Crippen molar-refractivity contribution < 1.29 is 4.79 Å². The minimum Gasteiger partial charge on any atom is -0.369 e. The fraction of sp³-hybridized carbons (Fsp3) is 0.462. The number of nitrogens with two attached hydrogens (primary N) is 1. The lowest BCUT2D eigenvalue weighted by Gasteiger charge is -2.27. The van der Waals surface area contributed by atoms with E-state index in [-0.39, 0.29) is 11.8 Å². The van der Waals surface area contributed by atoms with Crippen molar-refractivity contribution >= 4 is 5.91 Å². The van der Waals surface area contributed by atoms with E-state index in [0.29, 0.717) is 5.92 Å². The Hall–Kier alpha value is -1.31. The summed E-state index contributed by atoms with van der Waals surface area (Å²) < 4.78 is 0. The fourth-order valence-electron chi connectivity index (χ4n) is 2.48. The van der Waals surface area contributed by atoms with E-state index >= 15 is 0 Å². The van der Waals surface area contributed by atoms with Gasteiger partial charge in [0.2, 0.25) is 5.91 Å². The van der Waals surface area contributed by atoms with Crippen molar-refractivity contribution in [3.63, 3.8) is 0 Å². The molecular formula is C13H17NO. The van der Waals surface area contributed by atoms with Crippen LogP contribution in [0, 0.1) is 5.92 Å². The Morgan fingerprint density at radius 2 is 1.93 bits per heavy atom. The van der Waals surface area contributed by atoms with Gasteiger partial charge >= 0.3 is 0 Å². The van der Waals surface area contributed by atoms with Crippen LogP contribution in [0.1, 0.15) is 37.2 Å². The van der Waals surface area contributed by atoms with Gasteiger partial charge in [-0.3, -0.25) is 4.79 Å². The normalized spacial score (nSPS) is 26.1. The van der Waals surface area contributed by atoms with Crippen molar-refractivity contribution in [2.45, 2.75) is 31.6 Å². The average molecular weight is 203 g/mol. The van der Waals surface area contributed by atoms with E-state index < -0.39 is 0 Å². The number of benzene rings is 1. The largest absolute Gasteiger partial charge is 0.369 e. The van der Waals surface area contributed by atoms with Crippen LogP contribution in [0.25, 0.3) is 0 Å². The highest BCUT2D eigenvalue weighted by molar-refractivity contribution is 5.76. The Labute approximate surface area is 90.5 Å². The number of primary amides is 1. The zero-order valence-electron chi connectivity index (χ0n) is 8.86. The third kappa shape index (κ3) is 2.38. The van der Waals surface area contributed by atoms with E-state index in [1.807, 2.05) is 6.07 Å². The second kappa shape index (κ2) is 4.47. The lowest BCUT2D eigenvalue weighted by Crippen LogP contribution is -2.27. The van der Waals surface area contributed by atoms with Gasteiger partial charge in [-0.05, 0) is 30.7 Å². The fourth-order valence-corrected chi connectivity index (χ4v) is 2.48. The molecule has 1 saturated carbocycles. The highest BCUT2D eigenvalue weighted by atomic mass is 16.1. The summed E-state index contributed by atoms with van der Waals surface area (Å²) in [5.74, 6) is 0.483. The van der Waals surface area contributed by atoms with Crippen LogP contribution in [0.2, 0.25) is 0 Å². The van der Waals surface area contributed by atoms with Gasteiger partial charge in [-0.25, -0.2) is 0 Å². The number of rotatable bonds is 2. The molecular weight excluding hydrogens is 186 g/mol. The maximum atomic E-state index is 11.2. The summed E-state index contributed by atoms with van der Waals surface area (Å²) in [7, 11) is 0. The Bertz CT molecular complexity index is 334. The van der Waals surface area contributed by atoms with Crippen LogP contribution in [0.3, 0.4) is 0 Å². The molecule has 0 radical (unpaired) electrons. The molecule has 1 aromatic carbocycles. The van der Waals surface area contributed by atoms with Gasteiger partial charge in [-0.2, -0.15) is 0 Å². The van der Waals surface area contributed by atoms with Crippen molar-refractivity contribution in [2.24, 2.45) is 11.7 Å². The van der Waals surface area contributed by atoms with Crippen LogP contribution in [0.4, 0.5) is 0 Å². The molecule has 1 amide bonds. The van der Waals surface area contributed by atoms with E-state index in [4.69, 9.17) is 5.73 Å². The van der Waals surface area contributed by atoms with Crippen LogP contribution in [0.15, 0.2) is 30.3 Å². The molecule has 0 heterocycles. The van der Waals surface area contributed by atoms with E-state index in [2.05, 4.69) is 24.3 Å². The van der Waals surface area contributed by atoms with E-state index in [1.165, 1.54) is 12.0 Å². The van der Waals surface area contributed by atoms with Gasteiger partial charge in [0.15, 0.2) is 0 Å². The molecule has 0 bridgehead atoms. The summed E-state index contributed by atoms with van der Waals surface area (Å²) >= 11 is 0. The van der Waals surface area contributed by atoms with E-state index in [9.17, 15) is 4.79 Å². The van der Waals surface area contributed by atoms with Crippen LogP contribution >= 0.6 is 0 Å². The number of hydrogen-bond donors (Lipinski definition) is 1. The second-order valence-corrected chi connectivity index (χ2v) is 4.37. The SMILES string of the molecule is NC(=O)[C@@H]1CCC[C@@H](c2ccccc2)C1. The minimum absolute atomic E-state index is 0.0870. The summed E-state index contributed by atoms with van der Waals surface area (Å²) in [5, 5.41) is 0. The summed E-state index contributed by atoms with van der Waals surface area (Å²) in [6.07, 6.45) is 4.21. The first kappa shape index (κ1) is 10.2. The van der Waals surface area contributed by atoms with Crippen molar-refractivity contribution in [2.75, 3.05) is 0 Å². The molecule has 80 valence electrons. The lowest BCUT2D eigenvalue weighted by molar-refractivity contribution is -0.122. The monoisotopic (exact) mass is 203 g/mol. The van der Waals surface area contributed by atoms with Gasteiger partial charge in [0, 0.05) is 5.92 Å². The molecule has 1 aromatic rings. The van der Waals surface area contributed by atoms with Crippen molar-refractivity contribution in [3.05, 3.63) is 35.9 Å². The number of amides is 1. The highest BCUT2D eigenvalue weighted by Gasteiger charge is 2.26. The Kier molecular flexibility index (Phi) is 3.05. The van der Waals surface area contributed by atoms with Crippen molar-refractivity contribution in [3.8, 4) is 0 Å². The van der Waals surface area contributed by atoms with Gasteiger partial charge in [0.05, 0.1) is 0 Å². The van der Waals surface area contributed by atoms with Crippen LogP contribution in [0.5, 0.6) is 0 Å². The van der Waals surface area contributed by atoms with Crippen LogP contribution < -0.4 is 5.73 Å². The highest BCUT2D eigenvalue weighted by Crippen LogP contribution is 2.35. The topological polar surface area (TPSA) is 43.1 Å². The number of carbonyl (C=O) groups is 1. The van der Waals surface area contributed by atoms with Crippen molar-refractivity contribution in [1.29, 1.82) is 0 Å². The minimum atomic E-state index is -0.129. The number of hydrogen-bond acceptors (Lipinski definition) is 1. The predicted octanol–water partition coefficient (Wildman–Crippen LogP) is 2.45. The standard InChI is InChI=1S/C13H17NO/c14-13(15)12-8-4-7-11(9-12)10-5-2-1-3-6-10/h1-3,5-6,11-12H,4,7-9H2,(H2,14,15)/t11-,12-/m1/s1. The molecule has 2 heteroatoms. The molecule has 0 spiro atoms. The van der Waals surface area contributed by atoms with Gasteiger partial charge in [-0.1, -0.05) is 36.8 Å². The van der Waals surface area contributed by atoms with Gasteiger partial charge in [-0.15, -0.1) is 0 Å². The van der Waals surface area contributed by atoms with Crippen LogP contribution in [-0.2, 0) is 4.79 Å². The van der Waals surface area contributed by atoms with E-state index in [0.717, 1.165) is 19.3 Å². The second-order valence-electron chi connectivity index (χ2n) is 4.37. The first-order valence-corrected chi connectivity index (χ1v) is 5.61. The lowest BCUT2D eigenvalue weighted by atomic mass is 9.78. The first-order chi connectivity index (χ1) is 7.27. The van der Waals surface area contributed by atoms with Gasteiger partial charge < -0.3 is 5.73 Å². The summed E-state index contributed by atoms with van der Waals surface area (Å²) in [6, 6.07) is 10.4. The zero-order chi connectivity index (χ0) is 10.7. The Balaban J connectivity index is 2.08. The third-order valence-electron chi connectivity index (χ3n) is 3.35. The molecule has 1 aliphatic carbocycles. The zero-order valence-corrected chi connectivity index (χ0v) is 8.86.